The van der Waals surface area contributed by atoms with E-state index in [1.54, 1.807) is 23.1 Å². The van der Waals surface area contributed by atoms with Gasteiger partial charge in [0, 0.05) is 30.2 Å². The molecule has 0 bridgehead atoms. The Morgan fingerprint density at radius 3 is 2.67 bits per heavy atom. The molecule has 8 heteroatoms. The van der Waals surface area contributed by atoms with Crippen molar-refractivity contribution >= 4 is 36.5 Å². The van der Waals surface area contributed by atoms with Gasteiger partial charge in [-0.1, -0.05) is 12.8 Å². The summed E-state index contributed by atoms with van der Waals surface area (Å²) in [5, 5.41) is 7.27. The average Bonchev–Trinajstić information content (AvgIpc) is 2.96. The molecular weight excluding hydrogens is 349 g/mol. The lowest BCUT2D eigenvalue weighted by Gasteiger charge is -2.37. The fourth-order valence-corrected chi connectivity index (χ4v) is 3.03. The van der Waals surface area contributed by atoms with Gasteiger partial charge in [0.1, 0.15) is 0 Å². The van der Waals surface area contributed by atoms with Gasteiger partial charge in [-0.3, -0.25) is 9.78 Å². The number of halogens is 2. The lowest BCUT2D eigenvalue weighted by Crippen LogP contribution is -2.51. The lowest BCUT2D eigenvalue weighted by molar-refractivity contribution is -0.122. The highest BCUT2D eigenvalue weighted by molar-refractivity contribution is 5.92. The molecular formula is C16H23Cl2N5O. The first kappa shape index (κ1) is 20.4. The molecule has 1 aliphatic rings. The van der Waals surface area contributed by atoms with Gasteiger partial charge in [-0.05, 0) is 31.9 Å². The first-order chi connectivity index (χ1) is 10.6. The number of hydrogen-bond donors (Lipinski definition) is 2. The molecule has 0 spiro atoms. The minimum atomic E-state index is -0.435. The van der Waals surface area contributed by atoms with Crippen LogP contribution in [-0.4, -0.2) is 26.2 Å². The molecule has 0 saturated heterocycles. The van der Waals surface area contributed by atoms with Crippen LogP contribution in [0.25, 0.3) is 5.69 Å². The standard InChI is InChI=1S/C16H21N5O.2ClH/c1-16(17)8-3-2-4-13(16)15(22)19-14-7-11-21(20-14)12-5-9-18-10-6-12;;/h5-7,9-11,13H,2-4,8,17H2,1H3,(H,19,20,22);2*1H. The molecule has 1 saturated carbocycles. The second-order valence-electron chi connectivity index (χ2n) is 6.14. The van der Waals surface area contributed by atoms with Crippen LogP contribution in [0.5, 0.6) is 0 Å². The molecule has 2 aromatic heterocycles. The zero-order valence-electron chi connectivity index (χ0n) is 13.5. The molecule has 3 N–H and O–H groups in total. The van der Waals surface area contributed by atoms with E-state index in [-0.39, 0.29) is 36.6 Å². The number of anilines is 1. The summed E-state index contributed by atoms with van der Waals surface area (Å²) in [4.78, 5) is 16.5. The van der Waals surface area contributed by atoms with E-state index < -0.39 is 5.54 Å². The maximum Gasteiger partial charge on any atom is 0.230 e. The number of amides is 1. The molecule has 1 amide bonds. The molecule has 1 fully saturated rings. The van der Waals surface area contributed by atoms with E-state index >= 15 is 0 Å². The first-order valence-electron chi connectivity index (χ1n) is 7.62. The van der Waals surface area contributed by atoms with Gasteiger partial charge < -0.3 is 11.1 Å². The molecule has 132 valence electrons. The summed E-state index contributed by atoms with van der Waals surface area (Å²) in [5.74, 6) is 0.347. The van der Waals surface area contributed by atoms with Crippen molar-refractivity contribution < 1.29 is 4.79 Å². The minimum absolute atomic E-state index is 0. The van der Waals surface area contributed by atoms with Crippen LogP contribution in [0.3, 0.4) is 0 Å². The number of rotatable bonds is 3. The van der Waals surface area contributed by atoms with Gasteiger partial charge >= 0.3 is 0 Å². The molecule has 6 nitrogen and oxygen atoms in total. The van der Waals surface area contributed by atoms with Crippen LogP contribution in [0.1, 0.15) is 32.6 Å². The Morgan fingerprint density at radius 1 is 1.29 bits per heavy atom. The smallest absolute Gasteiger partial charge is 0.230 e. The highest BCUT2D eigenvalue weighted by Crippen LogP contribution is 2.32. The lowest BCUT2D eigenvalue weighted by atomic mass is 9.74. The predicted molar refractivity (Wildman–Crippen MR) is 99.0 cm³/mol. The van der Waals surface area contributed by atoms with E-state index in [0.717, 1.165) is 31.4 Å². The van der Waals surface area contributed by atoms with Gasteiger partial charge in [0.05, 0.1) is 11.6 Å². The highest BCUT2D eigenvalue weighted by Gasteiger charge is 2.37. The van der Waals surface area contributed by atoms with Crippen molar-refractivity contribution in [1.82, 2.24) is 14.8 Å². The Bertz CT molecular complexity index is 659. The fourth-order valence-electron chi connectivity index (χ4n) is 3.03. The van der Waals surface area contributed by atoms with E-state index in [1.165, 1.54) is 0 Å². The van der Waals surface area contributed by atoms with Gasteiger partial charge in [0.15, 0.2) is 5.82 Å². The topological polar surface area (TPSA) is 85.8 Å². The number of carbonyl (C=O) groups is 1. The van der Waals surface area contributed by atoms with Crippen molar-refractivity contribution in [3.63, 3.8) is 0 Å². The summed E-state index contributed by atoms with van der Waals surface area (Å²) >= 11 is 0. The van der Waals surface area contributed by atoms with Crippen molar-refractivity contribution in [2.75, 3.05) is 5.32 Å². The summed E-state index contributed by atoms with van der Waals surface area (Å²) in [6, 6.07) is 5.50. The number of carbonyl (C=O) groups excluding carboxylic acids is 1. The predicted octanol–water partition coefficient (Wildman–Crippen LogP) is 2.96. The summed E-state index contributed by atoms with van der Waals surface area (Å²) in [7, 11) is 0. The number of nitrogens with zero attached hydrogens (tertiary/aromatic N) is 3. The average molecular weight is 372 g/mol. The van der Waals surface area contributed by atoms with Gasteiger partial charge in [0.25, 0.3) is 0 Å². The van der Waals surface area contributed by atoms with Gasteiger partial charge in [-0.2, -0.15) is 5.10 Å². The molecule has 2 aromatic rings. The SMILES string of the molecule is CC1(N)CCCCC1C(=O)Nc1ccn(-c2ccncc2)n1.Cl.Cl. The molecule has 1 aliphatic carbocycles. The Labute approximate surface area is 154 Å². The molecule has 0 aromatic carbocycles. The van der Waals surface area contributed by atoms with E-state index in [9.17, 15) is 4.79 Å². The Hall–Kier alpha value is -1.63. The first-order valence-corrected chi connectivity index (χ1v) is 7.62. The number of aromatic nitrogens is 3. The maximum absolute atomic E-state index is 12.5. The molecule has 24 heavy (non-hydrogen) atoms. The third kappa shape index (κ3) is 4.47. The molecule has 2 heterocycles. The van der Waals surface area contributed by atoms with Gasteiger partial charge in [0.2, 0.25) is 5.91 Å². The highest BCUT2D eigenvalue weighted by atomic mass is 35.5. The summed E-state index contributed by atoms with van der Waals surface area (Å²) in [6.45, 7) is 1.96. The van der Waals surface area contributed by atoms with Crippen LogP contribution < -0.4 is 11.1 Å². The van der Waals surface area contributed by atoms with Crippen molar-refractivity contribution in [2.45, 2.75) is 38.1 Å². The quantitative estimate of drug-likeness (QED) is 0.868. The molecule has 3 rings (SSSR count). The second kappa shape index (κ2) is 8.46. The zero-order valence-corrected chi connectivity index (χ0v) is 15.1. The van der Waals surface area contributed by atoms with Crippen LogP contribution >= 0.6 is 24.8 Å². The number of hydrogen-bond acceptors (Lipinski definition) is 4. The van der Waals surface area contributed by atoms with Crippen molar-refractivity contribution in [2.24, 2.45) is 11.7 Å². The molecule has 2 unspecified atom stereocenters. The van der Waals surface area contributed by atoms with E-state index in [2.05, 4.69) is 15.4 Å². The van der Waals surface area contributed by atoms with Crippen LogP contribution in [-0.2, 0) is 4.79 Å². The van der Waals surface area contributed by atoms with Crippen LogP contribution in [0.2, 0.25) is 0 Å². The van der Waals surface area contributed by atoms with E-state index in [0.29, 0.717) is 5.82 Å². The number of pyridine rings is 1. The summed E-state index contributed by atoms with van der Waals surface area (Å²) < 4.78 is 1.71. The third-order valence-corrected chi connectivity index (χ3v) is 4.34. The second-order valence-corrected chi connectivity index (χ2v) is 6.14. The Morgan fingerprint density at radius 2 is 2.00 bits per heavy atom. The molecule has 0 radical (unpaired) electrons. The Kier molecular flexibility index (Phi) is 7.20. The zero-order chi connectivity index (χ0) is 15.6. The third-order valence-electron chi connectivity index (χ3n) is 4.34. The van der Waals surface area contributed by atoms with Gasteiger partial charge in [-0.15, -0.1) is 24.8 Å². The largest absolute Gasteiger partial charge is 0.325 e. The van der Waals surface area contributed by atoms with E-state index in [1.807, 2.05) is 25.3 Å². The summed E-state index contributed by atoms with van der Waals surface area (Å²) in [5.41, 5.74) is 6.74. The summed E-state index contributed by atoms with van der Waals surface area (Å²) in [6.07, 6.45) is 9.09. The van der Waals surface area contributed by atoms with E-state index in [4.69, 9.17) is 5.73 Å². The number of nitrogens with two attached hydrogens (primary N) is 1. The van der Waals surface area contributed by atoms with Crippen molar-refractivity contribution in [3.05, 3.63) is 36.8 Å². The van der Waals surface area contributed by atoms with Crippen LogP contribution in [0.4, 0.5) is 5.82 Å². The van der Waals surface area contributed by atoms with Crippen molar-refractivity contribution in [1.29, 1.82) is 0 Å². The van der Waals surface area contributed by atoms with Gasteiger partial charge in [-0.25, -0.2) is 4.68 Å². The maximum atomic E-state index is 12.5. The van der Waals surface area contributed by atoms with Crippen molar-refractivity contribution in [3.8, 4) is 5.69 Å². The molecule has 0 aliphatic heterocycles. The van der Waals surface area contributed by atoms with Crippen LogP contribution in [0.15, 0.2) is 36.8 Å². The number of nitrogens with one attached hydrogen (secondary N) is 1. The minimum Gasteiger partial charge on any atom is -0.325 e. The van der Waals surface area contributed by atoms with Crippen LogP contribution in [0, 0.1) is 5.92 Å². The molecule has 2 atom stereocenters. The Balaban J connectivity index is 0.00000144. The normalized spacial score (nSPS) is 22.8. The fraction of sp³-hybridized carbons (Fsp3) is 0.438. The monoisotopic (exact) mass is 371 g/mol.